The quantitative estimate of drug-likeness (QED) is 0.563. The van der Waals surface area contributed by atoms with Gasteiger partial charge in [0.25, 0.3) is 0 Å². The third kappa shape index (κ3) is 7.40. The van der Waals surface area contributed by atoms with E-state index in [2.05, 4.69) is 0 Å². The topological polar surface area (TPSA) is 92.7 Å². The van der Waals surface area contributed by atoms with E-state index in [4.69, 9.17) is 11.5 Å². The molecule has 6 nitrogen and oxygen atoms in total. The molecule has 4 N–H and O–H groups in total. The minimum atomic E-state index is -1.33. The van der Waals surface area contributed by atoms with Crippen molar-refractivity contribution in [2.24, 2.45) is 11.5 Å². The van der Waals surface area contributed by atoms with E-state index in [9.17, 15) is 8.42 Å². The first-order valence-electron chi connectivity index (χ1n) is 9.74. The Kier molecular flexibility index (Phi) is 9.61. The second kappa shape index (κ2) is 11.7. The Hall–Kier alpha value is -1.42. The number of hydrogen-bond donors (Lipinski definition) is 2. The first-order valence-corrected chi connectivity index (χ1v) is 12.0. The predicted octanol–water partition coefficient (Wildman–Crippen LogP) is 1.96. The molecule has 0 spiro atoms. The highest BCUT2D eigenvalue weighted by molar-refractivity contribution is 7.83. The lowest BCUT2D eigenvalue weighted by Crippen LogP contribution is -2.43. The molecular weight excluding hydrogens is 404 g/mol. The molecule has 0 aromatic heterocycles. The second-order valence-corrected chi connectivity index (χ2v) is 10.2. The van der Waals surface area contributed by atoms with Crippen molar-refractivity contribution >= 4 is 22.0 Å². The molecule has 0 fully saturated rings. The molecule has 2 rings (SSSR count). The van der Waals surface area contributed by atoms with Crippen LogP contribution in [-0.2, 0) is 22.0 Å². The van der Waals surface area contributed by atoms with Crippen molar-refractivity contribution in [3.8, 4) is 0 Å². The standard InChI is InChI=1S/C21H32N4O2S2/c1-17-4-8-20(9-5-17)28(26)24(13-12-22)14-15-25(16-19(3)23)29(27)21-10-6-18(2)7-11-21/h4-11,19H,12-16,22-23H2,1-3H3. The van der Waals surface area contributed by atoms with Gasteiger partial charge in [0.05, 0.1) is 9.79 Å². The zero-order valence-corrected chi connectivity index (χ0v) is 19.0. The first kappa shape index (κ1) is 23.9. The van der Waals surface area contributed by atoms with Gasteiger partial charge in [-0.05, 0) is 45.0 Å². The first-order chi connectivity index (χ1) is 13.8. The average molecular weight is 437 g/mol. The number of hydrogen-bond acceptors (Lipinski definition) is 4. The highest BCUT2D eigenvalue weighted by atomic mass is 32.2. The van der Waals surface area contributed by atoms with E-state index in [-0.39, 0.29) is 6.04 Å². The van der Waals surface area contributed by atoms with Crippen LogP contribution in [0.25, 0.3) is 0 Å². The Labute approximate surface area is 179 Å². The molecule has 0 aliphatic carbocycles. The molecule has 0 aliphatic rings. The van der Waals surface area contributed by atoms with Crippen molar-refractivity contribution in [1.82, 2.24) is 8.61 Å². The van der Waals surface area contributed by atoms with Crippen LogP contribution in [-0.4, -0.2) is 55.8 Å². The van der Waals surface area contributed by atoms with E-state index >= 15 is 0 Å². The van der Waals surface area contributed by atoms with E-state index in [0.717, 1.165) is 20.9 Å². The maximum absolute atomic E-state index is 13.1. The molecule has 0 radical (unpaired) electrons. The van der Waals surface area contributed by atoms with Gasteiger partial charge in [-0.3, -0.25) is 0 Å². The van der Waals surface area contributed by atoms with Gasteiger partial charge < -0.3 is 11.5 Å². The van der Waals surface area contributed by atoms with Crippen LogP contribution < -0.4 is 11.5 Å². The fourth-order valence-corrected chi connectivity index (χ4v) is 5.29. The lowest BCUT2D eigenvalue weighted by molar-refractivity contribution is 0.361. The number of nitrogens with two attached hydrogens (primary N) is 2. The van der Waals surface area contributed by atoms with Crippen molar-refractivity contribution in [2.45, 2.75) is 36.6 Å². The number of benzene rings is 2. The zero-order valence-electron chi connectivity index (χ0n) is 17.4. The molecule has 0 saturated carbocycles. The van der Waals surface area contributed by atoms with Gasteiger partial charge in [-0.1, -0.05) is 35.4 Å². The maximum Gasteiger partial charge on any atom is 0.127 e. The summed E-state index contributed by atoms with van der Waals surface area (Å²) in [6.45, 7) is 8.20. The molecule has 3 atom stereocenters. The van der Waals surface area contributed by atoms with Crippen LogP contribution in [0, 0.1) is 13.8 Å². The molecule has 0 saturated heterocycles. The minimum absolute atomic E-state index is 0.130. The number of aryl methyl sites for hydroxylation is 2. The molecule has 160 valence electrons. The average Bonchev–Trinajstić information content (AvgIpc) is 2.70. The summed E-state index contributed by atoms with van der Waals surface area (Å²) >= 11 is 0. The van der Waals surface area contributed by atoms with E-state index in [1.54, 1.807) is 0 Å². The molecule has 29 heavy (non-hydrogen) atoms. The third-order valence-electron chi connectivity index (χ3n) is 4.38. The highest BCUT2D eigenvalue weighted by Gasteiger charge is 2.21. The Morgan fingerprint density at radius 1 is 0.793 bits per heavy atom. The molecule has 2 aromatic rings. The van der Waals surface area contributed by atoms with Gasteiger partial charge in [0.15, 0.2) is 0 Å². The van der Waals surface area contributed by atoms with E-state index < -0.39 is 22.0 Å². The summed E-state index contributed by atoms with van der Waals surface area (Å²) in [6, 6.07) is 15.2. The molecule has 3 unspecified atom stereocenters. The summed E-state index contributed by atoms with van der Waals surface area (Å²) in [6.07, 6.45) is 0. The monoisotopic (exact) mass is 436 g/mol. The molecule has 2 aromatic carbocycles. The molecule has 0 bridgehead atoms. The van der Waals surface area contributed by atoms with Crippen LogP contribution in [0.5, 0.6) is 0 Å². The summed E-state index contributed by atoms with van der Waals surface area (Å²) < 4.78 is 29.8. The third-order valence-corrected chi connectivity index (χ3v) is 7.37. The summed E-state index contributed by atoms with van der Waals surface area (Å²) in [5, 5.41) is 0. The lowest BCUT2D eigenvalue weighted by Gasteiger charge is -2.27. The molecular formula is C21H32N4O2S2. The van der Waals surface area contributed by atoms with E-state index in [0.29, 0.717) is 32.7 Å². The second-order valence-electron chi connectivity index (χ2n) is 7.21. The fourth-order valence-electron chi connectivity index (χ4n) is 2.82. The lowest BCUT2D eigenvalue weighted by atomic mass is 10.2. The van der Waals surface area contributed by atoms with Gasteiger partial charge in [-0.25, -0.2) is 17.0 Å². The van der Waals surface area contributed by atoms with Crippen LogP contribution >= 0.6 is 0 Å². The number of nitrogens with zero attached hydrogens (tertiary/aromatic N) is 2. The van der Waals surface area contributed by atoms with Crippen LogP contribution in [0.2, 0.25) is 0 Å². The van der Waals surface area contributed by atoms with Crippen molar-refractivity contribution in [1.29, 1.82) is 0 Å². The van der Waals surface area contributed by atoms with Gasteiger partial charge in [0.1, 0.15) is 22.0 Å². The smallest absolute Gasteiger partial charge is 0.127 e. The summed E-state index contributed by atoms with van der Waals surface area (Å²) in [4.78, 5) is 1.48. The summed E-state index contributed by atoms with van der Waals surface area (Å²) in [7, 11) is -2.66. The van der Waals surface area contributed by atoms with Crippen LogP contribution in [0.15, 0.2) is 58.3 Å². The highest BCUT2D eigenvalue weighted by Crippen LogP contribution is 2.15. The van der Waals surface area contributed by atoms with Crippen LogP contribution in [0.3, 0.4) is 0 Å². The van der Waals surface area contributed by atoms with Crippen molar-refractivity contribution in [2.75, 3.05) is 32.7 Å². The maximum atomic E-state index is 13.1. The van der Waals surface area contributed by atoms with Crippen molar-refractivity contribution in [3.63, 3.8) is 0 Å². The fraction of sp³-hybridized carbons (Fsp3) is 0.429. The summed E-state index contributed by atoms with van der Waals surface area (Å²) in [5.41, 5.74) is 14.0. The van der Waals surface area contributed by atoms with Gasteiger partial charge in [-0.2, -0.15) is 0 Å². The van der Waals surface area contributed by atoms with Gasteiger partial charge >= 0.3 is 0 Å². The van der Waals surface area contributed by atoms with Gasteiger partial charge in [0.2, 0.25) is 0 Å². The predicted molar refractivity (Wildman–Crippen MR) is 121 cm³/mol. The van der Waals surface area contributed by atoms with Crippen molar-refractivity contribution in [3.05, 3.63) is 59.7 Å². The molecule has 0 amide bonds. The van der Waals surface area contributed by atoms with E-state index in [1.165, 1.54) is 0 Å². The van der Waals surface area contributed by atoms with E-state index in [1.807, 2.05) is 77.9 Å². The molecule has 0 heterocycles. The van der Waals surface area contributed by atoms with Crippen molar-refractivity contribution < 1.29 is 8.42 Å². The van der Waals surface area contributed by atoms with Crippen LogP contribution in [0.4, 0.5) is 0 Å². The Balaban J connectivity index is 2.13. The zero-order chi connectivity index (χ0) is 21.4. The molecule has 8 heteroatoms. The minimum Gasteiger partial charge on any atom is -0.329 e. The Morgan fingerprint density at radius 3 is 1.62 bits per heavy atom. The Bertz CT molecular complexity index is 810. The van der Waals surface area contributed by atoms with Gasteiger partial charge in [0, 0.05) is 38.8 Å². The largest absolute Gasteiger partial charge is 0.329 e. The Morgan fingerprint density at radius 2 is 1.21 bits per heavy atom. The normalized spacial score (nSPS) is 14.9. The SMILES string of the molecule is Cc1ccc(S(=O)N(CCN)CCN(CC(C)N)S(=O)c2ccc(C)cc2)cc1. The summed E-state index contributed by atoms with van der Waals surface area (Å²) in [5.74, 6) is 0. The molecule has 0 aliphatic heterocycles. The van der Waals surface area contributed by atoms with Crippen LogP contribution in [0.1, 0.15) is 18.1 Å². The van der Waals surface area contributed by atoms with Gasteiger partial charge in [-0.15, -0.1) is 0 Å². The number of rotatable bonds is 11.